The number of hydrogen-bond acceptors (Lipinski definition) is 2. The van der Waals surface area contributed by atoms with Gasteiger partial charge in [-0.25, -0.2) is 0 Å². The molecule has 1 aromatic carbocycles. The number of nitro groups is 1. The van der Waals surface area contributed by atoms with Crippen LogP contribution in [-0.2, 0) is 0 Å². The third-order valence-corrected chi connectivity index (χ3v) is 2.57. The van der Waals surface area contributed by atoms with Gasteiger partial charge in [-0.2, -0.15) is 0 Å². The van der Waals surface area contributed by atoms with Gasteiger partial charge in [-0.05, 0) is 22.0 Å². The topological polar surface area (TPSA) is 43.1 Å². The van der Waals surface area contributed by atoms with Gasteiger partial charge < -0.3 is 0 Å². The summed E-state index contributed by atoms with van der Waals surface area (Å²) in [4.78, 5) is 10.3. The van der Waals surface area contributed by atoms with E-state index < -0.39 is 0 Å². The van der Waals surface area contributed by atoms with Crippen LogP contribution in [0.3, 0.4) is 0 Å². The summed E-state index contributed by atoms with van der Waals surface area (Å²) in [5.74, 6) is 0. The monoisotopic (exact) mass is 383 g/mol. The van der Waals surface area contributed by atoms with E-state index in [0.29, 0.717) is 8.96 Å². The first-order valence-corrected chi connectivity index (χ1v) is 4.87. The first-order chi connectivity index (χ1) is 6.32. The number of nitro benzene ring substituents is 1. The molecule has 0 amide bonds. The average molecular weight is 383 g/mol. The summed E-state index contributed by atoms with van der Waals surface area (Å²) >= 11 is 3.15. The summed E-state index contributed by atoms with van der Waals surface area (Å²) in [5, 5.41) is 10.7. The normalized spacial score (nSPS) is 10.7. The second kappa shape index (κ2) is 5.27. The summed E-state index contributed by atoms with van der Waals surface area (Å²) in [5.41, 5.74) is 1.01. The van der Waals surface area contributed by atoms with Crippen LogP contribution in [0.1, 0.15) is 0 Å². The maximum atomic E-state index is 10.7. The van der Waals surface area contributed by atoms with Crippen molar-refractivity contribution in [2.24, 2.45) is 0 Å². The van der Waals surface area contributed by atoms with E-state index in [4.69, 9.17) is 0 Å². The van der Waals surface area contributed by atoms with Gasteiger partial charge in [0.15, 0.2) is 0 Å². The van der Waals surface area contributed by atoms with Crippen LogP contribution in [0, 0.1) is 10.1 Å². The fourth-order valence-electron chi connectivity index (χ4n) is 1.06. The Kier molecular flexibility index (Phi) is 5.22. The van der Waals surface area contributed by atoms with E-state index in [9.17, 15) is 10.1 Å². The molecule has 4 nitrogen and oxygen atoms in total. The zero-order valence-corrected chi connectivity index (χ0v) is 9.91. The van der Waals surface area contributed by atoms with Crippen molar-refractivity contribution < 1.29 is 4.92 Å². The van der Waals surface area contributed by atoms with Gasteiger partial charge in [0.25, 0.3) is 5.69 Å². The van der Waals surface area contributed by atoms with Crippen LogP contribution in [0.25, 0.3) is 0 Å². The van der Waals surface area contributed by atoms with Crippen LogP contribution in [0.15, 0.2) is 22.7 Å². The number of rotatable bonds is 2. The number of hydrogen-bond donors (Lipinski definition) is 0. The van der Waals surface area contributed by atoms with Gasteiger partial charge in [-0.1, -0.05) is 0 Å². The van der Waals surface area contributed by atoms with Gasteiger partial charge in [0.1, 0.15) is 5.69 Å². The molecule has 0 aliphatic heterocycles. The van der Waals surface area contributed by atoms with Crippen molar-refractivity contribution in [1.82, 2.24) is 4.48 Å². The van der Waals surface area contributed by atoms with Gasteiger partial charge in [0.2, 0.25) is 0 Å². The quantitative estimate of drug-likeness (QED) is 0.333. The Morgan fingerprint density at radius 3 is 2.27 bits per heavy atom. The number of quaternary nitrogens is 1. The van der Waals surface area contributed by atoms with E-state index in [2.05, 4.69) is 15.9 Å². The Morgan fingerprint density at radius 1 is 1.33 bits per heavy atom. The molecule has 0 aromatic heterocycles. The molecular formula is C9H16BrN2O2Sn+. The van der Waals surface area contributed by atoms with Crippen molar-refractivity contribution >= 4 is 51.2 Å². The molecule has 0 radical (unpaired) electrons. The van der Waals surface area contributed by atoms with Gasteiger partial charge in [0, 0.05) is 6.07 Å². The Bertz CT molecular complexity index is 377. The fraction of sp³-hybridized carbons (Fsp3) is 0.333. The average Bonchev–Trinajstić information content (AvgIpc) is 2.02. The molecule has 6 heteroatoms. The van der Waals surface area contributed by atoms with Crippen molar-refractivity contribution in [2.75, 3.05) is 21.1 Å². The molecule has 84 valence electrons. The molecule has 0 aliphatic carbocycles. The minimum absolute atomic E-state index is 0. The van der Waals surface area contributed by atoms with Crippen LogP contribution in [0.2, 0.25) is 0 Å². The van der Waals surface area contributed by atoms with Gasteiger partial charge >= 0.3 is 23.9 Å². The second-order valence-electron chi connectivity index (χ2n) is 3.91. The summed E-state index contributed by atoms with van der Waals surface area (Å²) < 4.78 is 1.08. The number of halogens is 1. The standard InChI is InChI=1S/C9H12BrN2O2.Sn.4H/c1-12(2,3)7-4-5-8(10)9(6-7)11(13)14;;;;;/h4-6H,1-3H3;;;;;/q+1;;;;;. The minimum atomic E-state index is -0.386. The van der Waals surface area contributed by atoms with E-state index in [-0.39, 0.29) is 34.5 Å². The molecule has 0 N–H and O–H groups in total. The summed E-state index contributed by atoms with van der Waals surface area (Å²) in [6.07, 6.45) is 0. The van der Waals surface area contributed by atoms with Gasteiger partial charge in [-0.15, -0.1) is 0 Å². The molecule has 0 unspecified atom stereocenters. The van der Waals surface area contributed by atoms with E-state index in [1.165, 1.54) is 0 Å². The molecule has 1 rings (SSSR count). The van der Waals surface area contributed by atoms with E-state index in [0.717, 1.165) is 5.69 Å². The molecule has 0 bridgehead atoms. The van der Waals surface area contributed by atoms with E-state index in [1.807, 2.05) is 27.2 Å². The molecule has 0 aliphatic rings. The Balaban J connectivity index is 0.00000196. The van der Waals surface area contributed by atoms with Crippen LogP contribution < -0.4 is 4.48 Å². The fourth-order valence-corrected chi connectivity index (χ4v) is 1.45. The first kappa shape index (κ1) is 14.9. The molecule has 15 heavy (non-hydrogen) atoms. The molecule has 0 fully saturated rings. The van der Waals surface area contributed by atoms with Crippen LogP contribution >= 0.6 is 15.9 Å². The van der Waals surface area contributed by atoms with Gasteiger partial charge in [-0.3, -0.25) is 14.6 Å². The molecule has 0 saturated carbocycles. The molecule has 0 atom stereocenters. The zero-order chi connectivity index (χ0) is 10.9. The van der Waals surface area contributed by atoms with E-state index in [1.54, 1.807) is 12.1 Å². The van der Waals surface area contributed by atoms with Crippen molar-refractivity contribution in [3.05, 3.63) is 32.8 Å². The Hall–Kier alpha value is -0.141. The van der Waals surface area contributed by atoms with Crippen LogP contribution in [0.5, 0.6) is 0 Å². The molecule has 0 heterocycles. The van der Waals surface area contributed by atoms with Crippen molar-refractivity contribution in [2.45, 2.75) is 0 Å². The summed E-state index contributed by atoms with van der Waals surface area (Å²) in [6.45, 7) is 0. The van der Waals surface area contributed by atoms with Crippen LogP contribution in [0.4, 0.5) is 11.4 Å². The molecule has 0 spiro atoms. The molecular weight excluding hydrogens is 367 g/mol. The van der Waals surface area contributed by atoms with Gasteiger partial charge in [0.05, 0.1) is 36.6 Å². The van der Waals surface area contributed by atoms with Crippen molar-refractivity contribution in [3.63, 3.8) is 0 Å². The summed E-state index contributed by atoms with van der Waals surface area (Å²) in [7, 11) is 5.90. The predicted octanol–water partition coefficient (Wildman–Crippen LogP) is 1.10. The zero-order valence-electron chi connectivity index (χ0n) is 8.32. The number of benzene rings is 1. The molecule has 0 saturated heterocycles. The SMILES string of the molecule is C[N+](C)(C)c1ccc(Br)c([N+](=O)[O-])c1.[SnH4]. The Morgan fingerprint density at radius 2 is 1.87 bits per heavy atom. The Labute approximate surface area is 114 Å². The first-order valence-electron chi connectivity index (χ1n) is 4.08. The third kappa shape index (κ3) is 3.73. The summed E-state index contributed by atoms with van der Waals surface area (Å²) in [6, 6.07) is 5.16. The van der Waals surface area contributed by atoms with Crippen molar-refractivity contribution in [3.8, 4) is 0 Å². The molecule has 1 aromatic rings. The maximum absolute atomic E-state index is 10.7. The van der Waals surface area contributed by atoms with E-state index >= 15 is 0 Å². The third-order valence-electron chi connectivity index (χ3n) is 1.90. The van der Waals surface area contributed by atoms with Crippen LogP contribution in [-0.4, -0.2) is 50.0 Å². The number of nitrogens with zero attached hydrogens (tertiary/aromatic N) is 2. The predicted molar refractivity (Wildman–Crippen MR) is 71.7 cm³/mol. The van der Waals surface area contributed by atoms with Crippen molar-refractivity contribution in [1.29, 1.82) is 0 Å². The second-order valence-corrected chi connectivity index (χ2v) is 4.76.